The molecule has 3 aliphatic rings. The van der Waals surface area contributed by atoms with Crippen molar-refractivity contribution in [2.45, 2.75) is 190 Å². The van der Waals surface area contributed by atoms with E-state index in [1.165, 1.54) is 72.2 Å². The van der Waals surface area contributed by atoms with Gasteiger partial charge in [0, 0.05) is 90.5 Å². The van der Waals surface area contributed by atoms with Gasteiger partial charge in [-0.15, -0.1) is 0 Å². The van der Waals surface area contributed by atoms with Crippen LogP contribution in [-0.4, -0.2) is 174 Å². The third-order valence-electron chi connectivity index (χ3n) is 22.4. The van der Waals surface area contributed by atoms with Gasteiger partial charge in [0.15, 0.2) is 0 Å². The van der Waals surface area contributed by atoms with E-state index >= 15 is 0 Å². The predicted molar refractivity (Wildman–Crippen MR) is 491 cm³/mol. The molecule has 11 N–H and O–H groups in total. The van der Waals surface area contributed by atoms with Crippen molar-refractivity contribution in [2.24, 2.45) is 40.5 Å². The van der Waals surface area contributed by atoms with Crippen LogP contribution in [0.2, 0.25) is 10.3 Å². The van der Waals surface area contributed by atoms with Crippen LogP contribution in [-0.2, 0) is 89.0 Å². The molecule has 693 valence electrons. The normalized spacial score (nSPS) is 18.1. The number of hydrogen-bond donors (Lipinski definition) is 9. The third-order valence-corrected chi connectivity index (χ3v) is 23.9. The third kappa shape index (κ3) is 29.7. The van der Waals surface area contributed by atoms with Crippen LogP contribution in [0.4, 0.5) is 11.6 Å². The molecule has 130 heavy (non-hydrogen) atoms. The van der Waals surface area contributed by atoms with Crippen LogP contribution in [0.5, 0.6) is 0 Å². The Morgan fingerprint density at radius 1 is 0.554 bits per heavy atom. The van der Waals surface area contributed by atoms with Gasteiger partial charge in [-0.3, -0.25) is 37.3 Å². The molecule has 3 aliphatic carbocycles. The van der Waals surface area contributed by atoms with Crippen molar-refractivity contribution in [3.8, 4) is 0 Å². The van der Waals surface area contributed by atoms with E-state index in [-0.39, 0.29) is 82.3 Å². The number of halogens is 3. The molecular formula is C92H113BrCl2MnN20O13S. The Balaban J connectivity index is 0.000000188. The number of aryl methyl sites for hydroxylation is 6. The molecule has 0 saturated heterocycles. The first-order valence-electron chi connectivity index (χ1n) is 43.2. The second-order valence-electron chi connectivity index (χ2n) is 31.9. The van der Waals surface area contributed by atoms with Gasteiger partial charge in [0.25, 0.3) is 0 Å². The van der Waals surface area contributed by atoms with Crippen molar-refractivity contribution in [3.05, 3.63) is 293 Å². The molecule has 0 aliphatic heterocycles. The standard InChI is InChI=1S/C25H31N5O2.C22H25BrN6O6S.C18H19ClN4O.C18H17ClN4O.C7H15NO.C2H6.Mn.2O/c1-4-21-11-23(29-30(21)13-18-7-5-6-16(2)8-18)24(32)22-12-26-15-27-25(22)28-20-9-17(3)19(10-20)14-31;23-15-3-1-2-13(4-15)9-29-17(10-30)7-19(28-29)21(32)18-8-25-12-26-22(18)27-16-5-14(20(31)6-16)11-35-36(24,33)34;2*1-3-14-8-16(17(24)15-9-20-11-21-18(15)19)22-23(14)10-13-6-4-5-12(2)7-13;1-5-2-7(8)3-6(5)4-9;1-2;;;/h5-8,11-12,15,17,19-20,31H,4,9-10,13-14H2,1-3H3,(H,26,27,28);1-4,7-8,12,14,16,20,30-31H,5-6,9-11H2,(H2,24,33,34)(H,25,26,27);4-9,11,17,24H,3,10H2,1-2H3;4-9,11H,3,10H2,1-2H3;5-7,9H,2-4,8H2,1H3;1-2H3;;;/t17-,19+,20-;14-,16-,20+;;;5-,6+,7-;;;;/m01..0..../s1/i;;;;;1D;;;. The fourth-order valence-corrected chi connectivity index (χ4v) is 16.9. The number of hydrogen-bond acceptors (Lipinski definition) is 28. The van der Waals surface area contributed by atoms with Crippen molar-refractivity contribution in [1.29, 1.82) is 0 Å². The molecular weight excluding hydrogens is 1830 g/mol. The van der Waals surface area contributed by atoms with Gasteiger partial charge in [-0.25, -0.2) is 45.0 Å². The molecule has 3 saturated carbocycles. The first kappa shape index (κ1) is 102. The summed E-state index contributed by atoms with van der Waals surface area (Å²) < 4.78 is 57.9. The number of nitrogens with two attached hydrogens (primary N) is 2. The van der Waals surface area contributed by atoms with Gasteiger partial charge in [0.05, 0.1) is 73.6 Å². The minimum atomic E-state index is -4.11. The minimum absolute atomic E-state index is 0.123. The summed E-state index contributed by atoms with van der Waals surface area (Å²) >= 11 is 14.0. The quantitative estimate of drug-likeness (QED) is 0.0119. The molecule has 38 heteroatoms. The van der Waals surface area contributed by atoms with Crippen LogP contribution in [0, 0.1) is 50.4 Å². The Kier molecular flexibility index (Phi) is 39.7. The van der Waals surface area contributed by atoms with E-state index in [0.717, 1.165) is 83.2 Å². The summed E-state index contributed by atoms with van der Waals surface area (Å²) in [5.41, 5.74) is 20.0. The van der Waals surface area contributed by atoms with Gasteiger partial charge in [-0.2, -0.15) is 28.8 Å². The van der Waals surface area contributed by atoms with Crippen molar-refractivity contribution in [3.63, 3.8) is 0 Å². The van der Waals surface area contributed by atoms with Crippen LogP contribution in [0.15, 0.2) is 176 Å². The summed E-state index contributed by atoms with van der Waals surface area (Å²) in [6.45, 7) is 21.2. The zero-order chi connectivity index (χ0) is 95.0. The number of aliphatic hydroxyl groups is 5. The Morgan fingerprint density at radius 2 is 0.946 bits per heavy atom. The first-order valence-corrected chi connectivity index (χ1v) is 46.5. The molecule has 3 fully saturated rings. The van der Waals surface area contributed by atoms with Gasteiger partial charge in [0.2, 0.25) is 17.3 Å². The summed E-state index contributed by atoms with van der Waals surface area (Å²) in [6, 6.07) is 39.8. The first-order chi connectivity index (χ1) is 62.8. The van der Waals surface area contributed by atoms with Crippen molar-refractivity contribution < 1.29 is 76.4 Å². The topological polar surface area (TPSA) is 480 Å². The fraction of sp³-hybridized carbons (Fsp3) is 0.402. The van der Waals surface area contributed by atoms with Crippen molar-refractivity contribution in [2.75, 3.05) is 30.5 Å². The number of carbonyl (C=O) groups is 3. The predicted octanol–water partition coefficient (Wildman–Crippen LogP) is 12.6. The molecule has 0 bridgehead atoms. The summed E-state index contributed by atoms with van der Waals surface area (Å²) in [4.78, 5) is 71.5. The second kappa shape index (κ2) is 50.7. The number of benzene rings is 4. The number of aromatic nitrogens is 16. The Labute approximate surface area is 782 Å². The molecule has 4 aromatic carbocycles. The van der Waals surface area contributed by atoms with Crippen molar-refractivity contribution >= 4 is 78.4 Å². The van der Waals surface area contributed by atoms with E-state index in [1.807, 2.05) is 81.6 Å². The average Bonchev–Trinajstić information content (AvgIpc) is 1.70. The van der Waals surface area contributed by atoms with Gasteiger partial charge in [-0.05, 0) is 161 Å². The number of ketones is 3. The van der Waals surface area contributed by atoms with Crippen LogP contribution in [0.1, 0.15) is 216 Å². The number of nitrogens with zero attached hydrogens (tertiary/aromatic N) is 16. The second-order valence-corrected chi connectivity index (χ2v) is 34.9. The Hall–Kier alpha value is -10.5. The molecule has 8 aromatic heterocycles. The maximum atomic E-state index is 13.4. The van der Waals surface area contributed by atoms with Gasteiger partial charge < -0.3 is 41.9 Å². The zero-order valence-corrected chi connectivity index (χ0v) is 79.0. The van der Waals surface area contributed by atoms with Crippen LogP contribution < -0.4 is 21.5 Å². The number of anilines is 2. The molecule has 1 unspecified atom stereocenters. The Bertz CT molecular complexity index is 5910. The molecule has 0 spiro atoms. The molecule has 10 atom stereocenters. The van der Waals surface area contributed by atoms with Gasteiger partial charge in [-0.1, -0.05) is 189 Å². The number of rotatable bonds is 29. The number of nitrogens with one attached hydrogen (secondary N) is 2. The molecule has 0 amide bonds. The summed E-state index contributed by atoms with van der Waals surface area (Å²) in [5, 5.41) is 79.0. The SMILES string of the molecule is CCc1cc(C(=O)c2cncnc2Cl)nn1Cc1cccc(C)c1.CCc1cc(C(=O)c2cncnc2N[C@@H]2C[C@H](CO)[C@@H](C)C2)nn1Cc1cccc(C)c1.CCc1cc(C(O)c2cncnc2Cl)nn1Cc1cccc(C)c1.C[C@H]1C[C@H](N)C[C@@H]1CO.NS(=O)(=O)OC[C@H]1C[C@@H](Nc2ncncc2C(=O)c2cc(CO)n(Cc3cccc(Br)c3)n2)C[C@@H]1O.[2H]CC.[O]=[Mn]=[O]. The summed E-state index contributed by atoms with van der Waals surface area (Å²) in [6.07, 6.45) is 16.5. The summed E-state index contributed by atoms with van der Waals surface area (Å²) in [5.74, 6) is 1.26. The molecule has 8 heterocycles. The monoisotopic (exact) mass is 1940 g/mol. The van der Waals surface area contributed by atoms with Crippen molar-refractivity contribution in [1.82, 2.24) is 79.0 Å². The van der Waals surface area contributed by atoms with E-state index < -0.39 is 49.0 Å². The van der Waals surface area contributed by atoms with Crippen LogP contribution >= 0.6 is 39.1 Å². The summed E-state index contributed by atoms with van der Waals surface area (Å²) in [7, 11) is -4.11. The van der Waals surface area contributed by atoms with Gasteiger partial charge >= 0.3 is 32.8 Å². The van der Waals surface area contributed by atoms with Crippen LogP contribution in [0.3, 0.4) is 0 Å². The maximum absolute atomic E-state index is 13.4. The molecule has 33 nitrogen and oxygen atoms in total. The fourth-order valence-electron chi connectivity index (χ4n) is 15.7. The van der Waals surface area contributed by atoms with E-state index in [1.54, 1.807) is 17.8 Å². The van der Waals surface area contributed by atoms with E-state index in [4.69, 9.17) is 48.2 Å². The number of carbonyl (C=O) groups excluding carboxylic acids is 3. The molecule has 15 rings (SSSR count). The average molecular weight is 1950 g/mol. The van der Waals surface area contributed by atoms with E-state index in [9.17, 15) is 43.2 Å². The van der Waals surface area contributed by atoms with Crippen LogP contribution in [0.25, 0.3) is 0 Å². The van der Waals surface area contributed by atoms with Gasteiger partial charge in [0.1, 0.15) is 70.4 Å². The molecule has 12 aromatic rings. The Morgan fingerprint density at radius 3 is 1.36 bits per heavy atom. The zero-order valence-electron chi connectivity index (χ0n) is 74.9. The molecule has 0 radical (unpaired) electrons. The van der Waals surface area contributed by atoms with E-state index in [0.29, 0.717) is 116 Å². The number of aliphatic hydroxyl groups excluding tert-OH is 5. The van der Waals surface area contributed by atoms with E-state index in [2.05, 4.69) is 194 Å².